The minimum atomic E-state index is -4.57. The van der Waals surface area contributed by atoms with Crippen molar-refractivity contribution in [1.82, 2.24) is 9.97 Å². The topological polar surface area (TPSA) is 75.2 Å². The van der Waals surface area contributed by atoms with Gasteiger partial charge in [0.25, 0.3) is 0 Å². The SMILES string of the molecule is O=C(C[C@H]1CN(c2ncc(C(F)(F)F)cc2Cl)CC[C@H]1F)c1ccnc(NC(=O)C2CC2)c1. The number of halogens is 5. The predicted molar refractivity (Wildman–Crippen MR) is 114 cm³/mol. The molecule has 176 valence electrons. The third-order valence-electron chi connectivity index (χ3n) is 5.82. The van der Waals surface area contributed by atoms with Crippen LogP contribution in [0.4, 0.5) is 29.2 Å². The number of anilines is 2. The highest BCUT2D eigenvalue weighted by atomic mass is 35.5. The Morgan fingerprint density at radius 1 is 1.18 bits per heavy atom. The summed E-state index contributed by atoms with van der Waals surface area (Å²) in [6.45, 7) is 0.303. The summed E-state index contributed by atoms with van der Waals surface area (Å²) in [4.78, 5) is 34.2. The summed E-state index contributed by atoms with van der Waals surface area (Å²) in [5, 5.41) is 2.49. The number of Topliss-reactive ketones (excluding diaryl/α,β-unsaturated/α-hetero) is 1. The highest BCUT2D eigenvalue weighted by Gasteiger charge is 2.35. The fraction of sp³-hybridized carbons (Fsp3) is 0.455. The first-order chi connectivity index (χ1) is 15.6. The van der Waals surface area contributed by atoms with Crippen molar-refractivity contribution in [2.24, 2.45) is 11.8 Å². The molecule has 0 radical (unpaired) electrons. The summed E-state index contributed by atoms with van der Waals surface area (Å²) in [7, 11) is 0. The van der Waals surface area contributed by atoms with Gasteiger partial charge in [-0.3, -0.25) is 9.59 Å². The molecule has 1 saturated heterocycles. The van der Waals surface area contributed by atoms with E-state index in [0.717, 1.165) is 18.9 Å². The zero-order chi connectivity index (χ0) is 23.8. The number of carbonyl (C=O) groups is 2. The van der Waals surface area contributed by atoms with E-state index in [2.05, 4.69) is 15.3 Å². The van der Waals surface area contributed by atoms with Gasteiger partial charge in [-0.05, 0) is 37.5 Å². The van der Waals surface area contributed by atoms with Crippen LogP contribution in [0.1, 0.15) is 41.6 Å². The average Bonchev–Trinajstić information content (AvgIpc) is 3.60. The number of piperidine rings is 1. The molecule has 0 unspecified atom stereocenters. The van der Waals surface area contributed by atoms with Gasteiger partial charge in [-0.25, -0.2) is 14.4 Å². The van der Waals surface area contributed by atoms with E-state index in [1.165, 1.54) is 18.3 Å². The van der Waals surface area contributed by atoms with Crippen LogP contribution >= 0.6 is 11.6 Å². The van der Waals surface area contributed by atoms with Crippen molar-refractivity contribution in [1.29, 1.82) is 0 Å². The van der Waals surface area contributed by atoms with Crippen LogP contribution in [0.2, 0.25) is 5.02 Å². The summed E-state index contributed by atoms with van der Waals surface area (Å²) in [6, 6.07) is 3.75. The second-order valence-electron chi connectivity index (χ2n) is 8.36. The molecule has 11 heteroatoms. The fourth-order valence-corrected chi connectivity index (χ4v) is 4.09. The molecule has 1 amide bonds. The Kier molecular flexibility index (Phi) is 6.56. The Balaban J connectivity index is 1.43. The van der Waals surface area contributed by atoms with Gasteiger partial charge in [0.2, 0.25) is 5.91 Å². The molecule has 1 aliphatic carbocycles. The van der Waals surface area contributed by atoms with Crippen molar-refractivity contribution in [3.8, 4) is 0 Å². The number of pyridine rings is 2. The molecule has 2 fully saturated rings. The number of nitrogens with zero attached hydrogens (tertiary/aromatic N) is 3. The molecule has 3 heterocycles. The Morgan fingerprint density at radius 2 is 1.94 bits per heavy atom. The average molecular weight is 485 g/mol. The highest BCUT2D eigenvalue weighted by Crippen LogP contribution is 2.36. The highest BCUT2D eigenvalue weighted by molar-refractivity contribution is 6.33. The Labute approximate surface area is 192 Å². The lowest BCUT2D eigenvalue weighted by molar-refractivity contribution is -0.137. The fourth-order valence-electron chi connectivity index (χ4n) is 3.81. The van der Waals surface area contributed by atoms with Crippen LogP contribution in [0.15, 0.2) is 30.6 Å². The molecule has 4 rings (SSSR count). The smallest absolute Gasteiger partial charge is 0.355 e. The number of nitrogens with one attached hydrogen (secondary N) is 1. The Bertz CT molecular complexity index is 1060. The second kappa shape index (κ2) is 9.24. The first-order valence-electron chi connectivity index (χ1n) is 10.5. The predicted octanol–water partition coefficient (Wildman–Crippen LogP) is 4.93. The molecule has 2 aliphatic rings. The lowest BCUT2D eigenvalue weighted by atomic mass is 9.89. The molecule has 6 nitrogen and oxygen atoms in total. The standard InChI is InChI=1S/C22H21ClF4N4O2/c23-16-9-15(22(25,26)27)10-29-20(16)31-6-4-17(24)14(11-31)7-18(32)13-3-5-28-19(8-13)30-21(33)12-1-2-12/h3,5,8-10,12,14,17H,1-2,4,6-7,11H2,(H,28,30,33)/t14-,17+/m0/s1. The van der Waals surface area contributed by atoms with Gasteiger partial charge < -0.3 is 10.2 Å². The lowest BCUT2D eigenvalue weighted by Crippen LogP contribution is -2.43. The minimum Gasteiger partial charge on any atom is -0.355 e. The van der Waals surface area contributed by atoms with Crippen LogP contribution in [-0.4, -0.2) is 40.9 Å². The molecule has 0 spiro atoms. The van der Waals surface area contributed by atoms with Gasteiger partial charge in [0.15, 0.2) is 5.78 Å². The van der Waals surface area contributed by atoms with Gasteiger partial charge in [0, 0.05) is 49.3 Å². The zero-order valence-electron chi connectivity index (χ0n) is 17.4. The number of amides is 1. The zero-order valence-corrected chi connectivity index (χ0v) is 18.2. The van der Waals surface area contributed by atoms with Crippen LogP contribution in [0.3, 0.4) is 0 Å². The number of rotatable bonds is 6. The van der Waals surface area contributed by atoms with Gasteiger partial charge in [-0.15, -0.1) is 0 Å². The van der Waals surface area contributed by atoms with Crippen LogP contribution in [0.25, 0.3) is 0 Å². The first kappa shape index (κ1) is 23.4. The van der Waals surface area contributed by atoms with E-state index < -0.39 is 23.8 Å². The van der Waals surface area contributed by atoms with Crippen molar-refractivity contribution in [3.63, 3.8) is 0 Å². The molecule has 1 N–H and O–H groups in total. The third-order valence-corrected chi connectivity index (χ3v) is 6.10. The summed E-state index contributed by atoms with van der Waals surface area (Å²) in [6.07, 6.45) is -2.09. The molecule has 33 heavy (non-hydrogen) atoms. The molecule has 0 aromatic carbocycles. The first-order valence-corrected chi connectivity index (χ1v) is 10.9. The lowest BCUT2D eigenvalue weighted by Gasteiger charge is -2.36. The molecular formula is C22H21ClF4N4O2. The van der Waals surface area contributed by atoms with E-state index in [9.17, 15) is 27.2 Å². The maximum atomic E-state index is 14.6. The summed E-state index contributed by atoms with van der Waals surface area (Å²) >= 11 is 6.03. The third kappa shape index (κ3) is 5.61. The number of hydrogen-bond acceptors (Lipinski definition) is 5. The van der Waals surface area contributed by atoms with Gasteiger partial charge in [-0.2, -0.15) is 13.2 Å². The Morgan fingerprint density at radius 3 is 2.61 bits per heavy atom. The second-order valence-corrected chi connectivity index (χ2v) is 8.77. The minimum absolute atomic E-state index is 0.0164. The van der Waals surface area contributed by atoms with Crippen LogP contribution in [0, 0.1) is 11.8 Å². The quantitative estimate of drug-likeness (QED) is 0.464. The maximum Gasteiger partial charge on any atom is 0.417 e. The number of alkyl halides is 4. The molecule has 0 bridgehead atoms. The van der Waals surface area contributed by atoms with E-state index >= 15 is 0 Å². The maximum absolute atomic E-state index is 14.6. The molecule has 2 aromatic rings. The van der Waals surface area contributed by atoms with Crippen LogP contribution in [-0.2, 0) is 11.0 Å². The molecule has 2 atom stereocenters. The van der Waals surface area contributed by atoms with Crippen molar-refractivity contribution in [2.75, 3.05) is 23.3 Å². The molecule has 1 saturated carbocycles. The number of aromatic nitrogens is 2. The number of hydrogen-bond donors (Lipinski definition) is 1. The van der Waals surface area contributed by atoms with Crippen molar-refractivity contribution in [3.05, 3.63) is 46.7 Å². The van der Waals surface area contributed by atoms with Gasteiger partial charge in [0.1, 0.15) is 17.8 Å². The van der Waals surface area contributed by atoms with Crippen LogP contribution in [0.5, 0.6) is 0 Å². The van der Waals surface area contributed by atoms with E-state index in [-0.39, 0.29) is 60.2 Å². The van der Waals surface area contributed by atoms with Gasteiger partial charge >= 0.3 is 6.18 Å². The summed E-state index contributed by atoms with van der Waals surface area (Å²) in [5.41, 5.74) is -0.670. The van der Waals surface area contributed by atoms with Gasteiger partial charge in [0.05, 0.1) is 10.6 Å². The molecular weight excluding hydrogens is 464 g/mol. The summed E-state index contributed by atoms with van der Waals surface area (Å²) < 4.78 is 53.3. The van der Waals surface area contributed by atoms with Crippen molar-refractivity contribution < 1.29 is 27.2 Å². The van der Waals surface area contributed by atoms with Crippen LogP contribution < -0.4 is 10.2 Å². The van der Waals surface area contributed by atoms with E-state index in [4.69, 9.17) is 11.6 Å². The molecule has 1 aliphatic heterocycles. The van der Waals surface area contributed by atoms with E-state index in [1.54, 1.807) is 4.90 Å². The number of ketones is 1. The largest absolute Gasteiger partial charge is 0.417 e. The van der Waals surface area contributed by atoms with Crippen molar-refractivity contribution >= 4 is 34.9 Å². The normalized spacial score (nSPS) is 21.1. The van der Waals surface area contributed by atoms with Gasteiger partial charge in [-0.1, -0.05) is 11.6 Å². The summed E-state index contributed by atoms with van der Waals surface area (Å²) in [5.74, 6) is -0.773. The van der Waals surface area contributed by atoms with Crippen molar-refractivity contribution in [2.45, 2.75) is 38.0 Å². The number of carbonyl (C=O) groups excluding carboxylic acids is 2. The monoisotopic (exact) mass is 484 g/mol. The van der Waals surface area contributed by atoms with E-state index in [0.29, 0.717) is 11.8 Å². The molecule has 2 aromatic heterocycles. The van der Waals surface area contributed by atoms with E-state index in [1.807, 2.05) is 0 Å². The Hall–Kier alpha value is -2.75.